The smallest absolute Gasteiger partial charge is 0.237 e. The summed E-state index contributed by atoms with van der Waals surface area (Å²) in [6, 6.07) is -0.0725. The van der Waals surface area contributed by atoms with Crippen molar-refractivity contribution in [3.8, 4) is 0 Å². The van der Waals surface area contributed by atoms with Gasteiger partial charge in [0, 0.05) is 31.1 Å². The summed E-state index contributed by atoms with van der Waals surface area (Å²) in [4.78, 5) is 14.3. The van der Waals surface area contributed by atoms with E-state index < -0.39 is 0 Å². The minimum Gasteiger partial charge on any atom is -0.391 e. The molecule has 1 saturated carbocycles. The monoisotopic (exact) mass is 286 g/mol. The number of carbonyl (C=O) groups excluding carboxylic acids is 1. The van der Waals surface area contributed by atoms with Gasteiger partial charge in [0.2, 0.25) is 5.91 Å². The normalized spacial score (nSPS) is 25.2. The summed E-state index contributed by atoms with van der Waals surface area (Å²) in [6.07, 6.45) is 4.29. The predicted molar refractivity (Wildman–Crippen MR) is 79.3 cm³/mol. The van der Waals surface area contributed by atoms with E-state index in [0.29, 0.717) is 12.5 Å². The van der Waals surface area contributed by atoms with Crippen molar-refractivity contribution in [2.45, 2.75) is 44.8 Å². The molecule has 0 bridgehead atoms. The fourth-order valence-corrected chi connectivity index (χ4v) is 3.92. The van der Waals surface area contributed by atoms with Gasteiger partial charge in [-0.05, 0) is 25.7 Å². The molecule has 0 aromatic heterocycles. The van der Waals surface area contributed by atoms with Crippen molar-refractivity contribution in [1.29, 1.82) is 0 Å². The maximum absolute atomic E-state index is 12.1. The van der Waals surface area contributed by atoms with Crippen LogP contribution in [0.25, 0.3) is 0 Å². The van der Waals surface area contributed by atoms with Crippen LogP contribution in [0.3, 0.4) is 0 Å². The van der Waals surface area contributed by atoms with E-state index in [2.05, 4.69) is 10.2 Å². The van der Waals surface area contributed by atoms with Crippen molar-refractivity contribution in [2.75, 3.05) is 31.1 Å². The zero-order valence-corrected chi connectivity index (χ0v) is 12.6. The van der Waals surface area contributed by atoms with E-state index in [9.17, 15) is 9.90 Å². The molecule has 2 fully saturated rings. The lowest BCUT2D eigenvalue weighted by atomic mass is 10.0. The first-order valence-corrected chi connectivity index (χ1v) is 8.61. The molecule has 2 rings (SSSR count). The van der Waals surface area contributed by atoms with Gasteiger partial charge in [-0.1, -0.05) is 12.8 Å². The Balaban J connectivity index is 1.70. The molecule has 2 N–H and O–H groups in total. The third-order valence-electron chi connectivity index (χ3n) is 4.40. The zero-order valence-electron chi connectivity index (χ0n) is 11.8. The van der Waals surface area contributed by atoms with Gasteiger partial charge in [-0.25, -0.2) is 0 Å². The van der Waals surface area contributed by atoms with Crippen LogP contribution in [0, 0.1) is 5.92 Å². The van der Waals surface area contributed by atoms with Gasteiger partial charge in [0.15, 0.2) is 0 Å². The van der Waals surface area contributed by atoms with Crippen LogP contribution in [0.5, 0.6) is 0 Å². The van der Waals surface area contributed by atoms with Crippen molar-refractivity contribution in [3.05, 3.63) is 0 Å². The molecule has 19 heavy (non-hydrogen) atoms. The first kappa shape index (κ1) is 15.1. The van der Waals surface area contributed by atoms with Gasteiger partial charge in [0.1, 0.15) is 0 Å². The average molecular weight is 286 g/mol. The molecular weight excluding hydrogens is 260 g/mol. The van der Waals surface area contributed by atoms with Gasteiger partial charge in [-0.2, -0.15) is 11.8 Å². The Bertz CT molecular complexity index is 289. The number of hydrogen-bond donors (Lipinski definition) is 2. The quantitative estimate of drug-likeness (QED) is 0.794. The maximum Gasteiger partial charge on any atom is 0.237 e. The lowest BCUT2D eigenvalue weighted by Gasteiger charge is -2.31. The first-order valence-electron chi connectivity index (χ1n) is 7.46. The molecule has 0 aromatic carbocycles. The van der Waals surface area contributed by atoms with Crippen LogP contribution in [0.4, 0.5) is 0 Å². The molecule has 4 nitrogen and oxygen atoms in total. The minimum absolute atomic E-state index is 0.0592. The van der Waals surface area contributed by atoms with Crippen molar-refractivity contribution in [2.24, 2.45) is 5.92 Å². The predicted octanol–water partition coefficient (Wildman–Crippen LogP) is 1.09. The molecule has 2 unspecified atom stereocenters. The second kappa shape index (κ2) is 7.50. The molecular formula is C14H26N2O2S. The van der Waals surface area contributed by atoms with Crippen molar-refractivity contribution in [1.82, 2.24) is 10.2 Å². The van der Waals surface area contributed by atoms with Crippen molar-refractivity contribution in [3.63, 3.8) is 0 Å². The molecule has 0 spiro atoms. The van der Waals surface area contributed by atoms with Crippen LogP contribution in [0.2, 0.25) is 0 Å². The van der Waals surface area contributed by atoms with Gasteiger partial charge in [-0.3, -0.25) is 9.69 Å². The maximum atomic E-state index is 12.1. The molecule has 1 saturated heterocycles. The number of carbonyl (C=O) groups is 1. The van der Waals surface area contributed by atoms with E-state index in [-0.39, 0.29) is 18.1 Å². The molecule has 1 aliphatic heterocycles. The van der Waals surface area contributed by atoms with Crippen LogP contribution >= 0.6 is 11.8 Å². The Kier molecular flexibility index (Phi) is 5.98. The number of thioether (sulfide) groups is 1. The minimum atomic E-state index is -0.365. The standard InChI is InChI=1S/C14H26N2O2S/c1-11(16-6-8-19-9-7-16)14(18)15-10-13(17)12-4-2-3-5-12/h11-13,17H,2-10H2,1H3,(H,15,18). The van der Waals surface area contributed by atoms with Crippen molar-refractivity contribution < 1.29 is 9.90 Å². The summed E-state index contributed by atoms with van der Waals surface area (Å²) in [7, 11) is 0. The number of rotatable bonds is 5. The van der Waals surface area contributed by atoms with E-state index in [1.807, 2.05) is 18.7 Å². The fourth-order valence-electron chi connectivity index (χ4n) is 2.99. The van der Waals surface area contributed by atoms with Gasteiger partial charge < -0.3 is 10.4 Å². The Morgan fingerprint density at radius 1 is 1.37 bits per heavy atom. The van der Waals surface area contributed by atoms with Crippen LogP contribution in [0.15, 0.2) is 0 Å². The van der Waals surface area contributed by atoms with Crippen molar-refractivity contribution >= 4 is 17.7 Å². The van der Waals surface area contributed by atoms with E-state index in [1.165, 1.54) is 12.8 Å². The summed E-state index contributed by atoms with van der Waals surface area (Å²) >= 11 is 1.95. The molecule has 110 valence electrons. The summed E-state index contributed by atoms with van der Waals surface area (Å²) in [5, 5.41) is 13.0. The number of aliphatic hydroxyl groups is 1. The van der Waals surface area contributed by atoms with Gasteiger partial charge in [0.05, 0.1) is 12.1 Å². The topological polar surface area (TPSA) is 52.6 Å². The molecule has 2 atom stereocenters. The molecule has 0 radical (unpaired) electrons. The zero-order chi connectivity index (χ0) is 13.7. The Morgan fingerprint density at radius 2 is 2.00 bits per heavy atom. The fraction of sp³-hybridized carbons (Fsp3) is 0.929. The second-order valence-electron chi connectivity index (χ2n) is 5.68. The highest BCUT2D eigenvalue weighted by Gasteiger charge is 2.26. The third-order valence-corrected chi connectivity index (χ3v) is 5.34. The molecule has 0 aromatic rings. The number of aliphatic hydroxyl groups excluding tert-OH is 1. The van der Waals surface area contributed by atoms with E-state index in [1.54, 1.807) is 0 Å². The third kappa shape index (κ3) is 4.36. The Hall–Kier alpha value is -0.260. The van der Waals surface area contributed by atoms with Crippen LogP contribution in [0.1, 0.15) is 32.6 Å². The summed E-state index contributed by atoms with van der Waals surface area (Å²) in [5.74, 6) is 2.68. The highest BCUT2D eigenvalue weighted by Crippen LogP contribution is 2.27. The summed E-state index contributed by atoms with van der Waals surface area (Å²) < 4.78 is 0. The highest BCUT2D eigenvalue weighted by molar-refractivity contribution is 7.99. The lowest BCUT2D eigenvalue weighted by molar-refractivity contribution is -0.126. The SMILES string of the molecule is CC(C(=O)NCC(O)C1CCCC1)N1CCSCC1. The van der Waals surface area contributed by atoms with Gasteiger partial charge in [0.25, 0.3) is 0 Å². The number of nitrogens with one attached hydrogen (secondary N) is 1. The summed E-state index contributed by atoms with van der Waals surface area (Å²) in [5.41, 5.74) is 0. The average Bonchev–Trinajstić information content (AvgIpc) is 2.98. The van der Waals surface area contributed by atoms with Crippen LogP contribution in [-0.2, 0) is 4.79 Å². The molecule has 1 amide bonds. The van der Waals surface area contributed by atoms with E-state index in [4.69, 9.17) is 0 Å². The van der Waals surface area contributed by atoms with E-state index in [0.717, 1.165) is 37.4 Å². The number of nitrogens with zero attached hydrogens (tertiary/aromatic N) is 1. The van der Waals surface area contributed by atoms with Crippen LogP contribution in [-0.4, -0.2) is 59.2 Å². The highest BCUT2D eigenvalue weighted by atomic mass is 32.2. The number of hydrogen-bond acceptors (Lipinski definition) is 4. The van der Waals surface area contributed by atoms with E-state index >= 15 is 0 Å². The molecule has 2 aliphatic rings. The van der Waals surface area contributed by atoms with Gasteiger partial charge in [-0.15, -0.1) is 0 Å². The lowest BCUT2D eigenvalue weighted by Crippen LogP contribution is -2.49. The molecule has 1 aliphatic carbocycles. The largest absolute Gasteiger partial charge is 0.391 e. The second-order valence-corrected chi connectivity index (χ2v) is 6.91. The van der Waals surface area contributed by atoms with Gasteiger partial charge >= 0.3 is 0 Å². The first-order chi connectivity index (χ1) is 9.18. The Labute approximate surface area is 120 Å². The van der Waals surface area contributed by atoms with Crippen LogP contribution < -0.4 is 5.32 Å². The molecule has 1 heterocycles. The summed E-state index contributed by atoms with van der Waals surface area (Å²) in [6.45, 7) is 4.36. The molecule has 5 heteroatoms. The number of amides is 1. The Morgan fingerprint density at radius 3 is 2.63 bits per heavy atom.